The second-order valence-electron chi connectivity index (χ2n) is 6.87. The molecule has 1 aliphatic heterocycles. The van der Waals surface area contributed by atoms with Crippen LogP contribution in [0.2, 0.25) is 0 Å². The Kier molecular flexibility index (Phi) is 4.43. The summed E-state index contributed by atoms with van der Waals surface area (Å²) in [6.45, 7) is 6.29. The van der Waals surface area contributed by atoms with Gasteiger partial charge in [0.15, 0.2) is 5.69 Å². The van der Waals surface area contributed by atoms with Crippen LogP contribution >= 0.6 is 0 Å². The van der Waals surface area contributed by atoms with Crippen molar-refractivity contribution in [1.82, 2.24) is 20.1 Å². The van der Waals surface area contributed by atoms with Gasteiger partial charge in [-0.05, 0) is 32.9 Å². The third-order valence-corrected chi connectivity index (χ3v) is 3.74. The van der Waals surface area contributed by atoms with Gasteiger partial charge >= 0.3 is 6.09 Å². The lowest BCUT2D eigenvalue weighted by molar-refractivity contribution is 0.0222. The molecule has 2 aromatic rings. The largest absolute Gasteiger partial charge is 0.444 e. The maximum absolute atomic E-state index is 12.5. The summed E-state index contributed by atoms with van der Waals surface area (Å²) in [4.78, 5) is 30.3. The second kappa shape index (κ2) is 6.54. The molecule has 3 heterocycles. The number of carbonyl (C=O) groups is 2. The zero-order valence-corrected chi connectivity index (χ0v) is 14.5. The lowest BCUT2D eigenvalue weighted by atomic mass is 10.1. The number of fused-ring (bicyclic) bond motifs is 1. The number of hydrogen-bond donors (Lipinski definition) is 2. The minimum Gasteiger partial charge on any atom is -0.444 e. The third kappa shape index (κ3) is 3.96. The van der Waals surface area contributed by atoms with E-state index in [0.717, 1.165) is 11.3 Å². The predicted octanol–water partition coefficient (Wildman–Crippen LogP) is 2.35. The molecule has 2 aromatic heterocycles. The van der Waals surface area contributed by atoms with Gasteiger partial charge in [0.05, 0.1) is 6.54 Å². The first-order valence-corrected chi connectivity index (χ1v) is 8.09. The van der Waals surface area contributed by atoms with Crippen molar-refractivity contribution in [2.24, 2.45) is 0 Å². The van der Waals surface area contributed by atoms with Gasteiger partial charge in [0.1, 0.15) is 5.60 Å². The summed E-state index contributed by atoms with van der Waals surface area (Å²) >= 11 is 0. The van der Waals surface area contributed by atoms with Crippen molar-refractivity contribution in [3.8, 4) is 0 Å². The van der Waals surface area contributed by atoms with Gasteiger partial charge in [-0.3, -0.25) is 14.9 Å². The van der Waals surface area contributed by atoms with E-state index in [-0.39, 0.29) is 12.0 Å². The SMILES string of the molecule is CC(C)(C)OC(=O)N1CCc2[nH]nc(C(=O)Nc3ccncc3)c2C1. The Morgan fingerprint density at radius 2 is 2.00 bits per heavy atom. The molecule has 0 saturated carbocycles. The van der Waals surface area contributed by atoms with Crippen LogP contribution in [0.5, 0.6) is 0 Å². The molecule has 2 N–H and O–H groups in total. The Bertz CT molecular complexity index is 779. The number of aromatic nitrogens is 3. The van der Waals surface area contributed by atoms with E-state index in [4.69, 9.17) is 4.74 Å². The maximum atomic E-state index is 12.5. The van der Waals surface area contributed by atoms with Gasteiger partial charge in [-0.25, -0.2) is 4.79 Å². The summed E-state index contributed by atoms with van der Waals surface area (Å²) in [7, 11) is 0. The topological polar surface area (TPSA) is 100 Å². The standard InChI is InChI=1S/C17H21N5O3/c1-17(2,3)25-16(24)22-9-6-13-12(10-22)14(21-20-13)15(23)19-11-4-7-18-8-5-11/h4-5,7-8H,6,9-10H2,1-3H3,(H,20,21)(H,18,19,23). The Labute approximate surface area is 145 Å². The van der Waals surface area contributed by atoms with Crippen LogP contribution in [0.3, 0.4) is 0 Å². The Hall–Kier alpha value is -2.90. The number of hydrogen-bond acceptors (Lipinski definition) is 5. The highest BCUT2D eigenvalue weighted by Gasteiger charge is 2.30. The molecule has 0 atom stereocenters. The van der Waals surface area contributed by atoms with E-state index in [9.17, 15) is 9.59 Å². The fourth-order valence-corrected chi connectivity index (χ4v) is 2.59. The van der Waals surface area contributed by atoms with E-state index in [1.807, 2.05) is 20.8 Å². The van der Waals surface area contributed by atoms with E-state index in [0.29, 0.717) is 30.9 Å². The summed E-state index contributed by atoms with van der Waals surface area (Å²) in [6, 6.07) is 3.40. The van der Waals surface area contributed by atoms with Gasteiger partial charge in [0.2, 0.25) is 0 Å². The molecule has 3 rings (SSSR count). The molecular weight excluding hydrogens is 322 g/mol. The van der Waals surface area contributed by atoms with E-state index in [2.05, 4.69) is 20.5 Å². The molecule has 8 heteroatoms. The normalized spacial score (nSPS) is 14.0. The highest BCUT2D eigenvalue weighted by atomic mass is 16.6. The molecule has 0 radical (unpaired) electrons. The first-order valence-electron chi connectivity index (χ1n) is 8.09. The number of amides is 2. The number of carbonyl (C=O) groups excluding carboxylic acids is 2. The van der Waals surface area contributed by atoms with Crippen molar-refractivity contribution >= 4 is 17.7 Å². The Morgan fingerprint density at radius 1 is 1.28 bits per heavy atom. The van der Waals surface area contributed by atoms with Crippen LogP contribution in [0, 0.1) is 0 Å². The summed E-state index contributed by atoms with van der Waals surface area (Å²) in [5.74, 6) is -0.324. The molecule has 8 nitrogen and oxygen atoms in total. The molecule has 0 aliphatic carbocycles. The van der Waals surface area contributed by atoms with Crippen molar-refractivity contribution < 1.29 is 14.3 Å². The number of ether oxygens (including phenoxy) is 1. The maximum Gasteiger partial charge on any atom is 0.410 e. The zero-order chi connectivity index (χ0) is 18.0. The van der Waals surface area contributed by atoms with Crippen molar-refractivity contribution in [3.63, 3.8) is 0 Å². The molecule has 132 valence electrons. The van der Waals surface area contributed by atoms with Crippen LogP contribution in [-0.2, 0) is 17.7 Å². The monoisotopic (exact) mass is 343 g/mol. The number of aromatic amines is 1. The molecule has 0 bridgehead atoms. The fourth-order valence-electron chi connectivity index (χ4n) is 2.59. The van der Waals surface area contributed by atoms with Gasteiger partial charge in [0.25, 0.3) is 5.91 Å². The van der Waals surface area contributed by atoms with Gasteiger partial charge in [-0.2, -0.15) is 5.10 Å². The van der Waals surface area contributed by atoms with Crippen LogP contribution in [0.25, 0.3) is 0 Å². The number of H-pyrrole nitrogens is 1. The summed E-state index contributed by atoms with van der Waals surface area (Å²) < 4.78 is 5.41. The Balaban J connectivity index is 1.75. The molecule has 25 heavy (non-hydrogen) atoms. The van der Waals surface area contributed by atoms with Crippen molar-refractivity contribution in [3.05, 3.63) is 41.5 Å². The number of anilines is 1. The smallest absolute Gasteiger partial charge is 0.410 e. The molecule has 0 saturated heterocycles. The lowest BCUT2D eigenvalue weighted by Gasteiger charge is -2.30. The van der Waals surface area contributed by atoms with Gasteiger partial charge in [-0.1, -0.05) is 0 Å². The highest BCUT2D eigenvalue weighted by Crippen LogP contribution is 2.23. The molecular formula is C17H21N5O3. The van der Waals surface area contributed by atoms with Crippen LogP contribution < -0.4 is 5.32 Å². The van der Waals surface area contributed by atoms with Crippen molar-refractivity contribution in [2.45, 2.75) is 39.3 Å². The van der Waals surface area contributed by atoms with Crippen LogP contribution in [0.1, 0.15) is 42.5 Å². The molecule has 0 aromatic carbocycles. The molecule has 0 spiro atoms. The third-order valence-electron chi connectivity index (χ3n) is 3.74. The quantitative estimate of drug-likeness (QED) is 0.872. The fraction of sp³-hybridized carbons (Fsp3) is 0.412. The number of pyridine rings is 1. The molecule has 0 unspecified atom stereocenters. The first kappa shape index (κ1) is 16.9. The van der Waals surface area contributed by atoms with Crippen LogP contribution in [-0.4, -0.2) is 44.2 Å². The molecule has 0 fully saturated rings. The van der Waals surface area contributed by atoms with E-state index < -0.39 is 5.60 Å². The van der Waals surface area contributed by atoms with Gasteiger partial charge in [-0.15, -0.1) is 0 Å². The first-order chi connectivity index (χ1) is 11.8. The predicted molar refractivity (Wildman–Crippen MR) is 91.1 cm³/mol. The minimum atomic E-state index is -0.560. The van der Waals surface area contributed by atoms with Crippen molar-refractivity contribution in [2.75, 3.05) is 11.9 Å². The number of rotatable bonds is 2. The zero-order valence-electron chi connectivity index (χ0n) is 14.5. The van der Waals surface area contributed by atoms with E-state index >= 15 is 0 Å². The number of nitrogens with zero attached hydrogens (tertiary/aromatic N) is 3. The second-order valence-corrected chi connectivity index (χ2v) is 6.87. The highest BCUT2D eigenvalue weighted by molar-refractivity contribution is 6.04. The van der Waals surface area contributed by atoms with Gasteiger partial charge < -0.3 is 15.0 Å². The number of nitrogens with one attached hydrogen (secondary N) is 2. The summed E-state index contributed by atoms with van der Waals surface area (Å²) in [5.41, 5.74) is 1.97. The van der Waals surface area contributed by atoms with Crippen LogP contribution in [0.4, 0.5) is 10.5 Å². The average Bonchev–Trinajstić information content (AvgIpc) is 2.97. The Morgan fingerprint density at radius 3 is 2.68 bits per heavy atom. The van der Waals surface area contributed by atoms with Crippen molar-refractivity contribution in [1.29, 1.82) is 0 Å². The van der Waals surface area contributed by atoms with Gasteiger partial charge in [0, 0.05) is 42.3 Å². The van der Waals surface area contributed by atoms with E-state index in [1.165, 1.54) is 0 Å². The summed E-state index contributed by atoms with van der Waals surface area (Å²) in [6.07, 6.45) is 3.41. The molecule has 2 amide bonds. The molecule has 1 aliphatic rings. The minimum absolute atomic E-state index is 0.292. The van der Waals surface area contributed by atoms with E-state index in [1.54, 1.807) is 29.4 Å². The summed E-state index contributed by atoms with van der Waals surface area (Å²) in [5, 5.41) is 9.81. The lowest BCUT2D eigenvalue weighted by Crippen LogP contribution is -2.40. The van der Waals surface area contributed by atoms with Crippen LogP contribution in [0.15, 0.2) is 24.5 Å². The average molecular weight is 343 g/mol.